The van der Waals surface area contributed by atoms with E-state index in [0.29, 0.717) is 25.8 Å². The Kier molecular flexibility index (Phi) is 4.99. The molecule has 112 valence electrons. The summed E-state index contributed by atoms with van der Waals surface area (Å²) in [4.78, 5) is 0. The van der Waals surface area contributed by atoms with Crippen molar-refractivity contribution in [2.45, 2.75) is 37.4 Å². The average molecular weight is 300 g/mol. The van der Waals surface area contributed by atoms with Gasteiger partial charge in [-0.3, -0.25) is 4.31 Å². The van der Waals surface area contributed by atoms with Gasteiger partial charge in [-0.1, -0.05) is 25.0 Å². The second-order valence-corrected chi connectivity index (χ2v) is 7.25. The summed E-state index contributed by atoms with van der Waals surface area (Å²) in [6, 6.07) is 6.01. The summed E-state index contributed by atoms with van der Waals surface area (Å²) in [5.41, 5.74) is 5.61. The lowest BCUT2D eigenvalue weighted by molar-refractivity contribution is 0.568. The number of hydrogen-bond donors (Lipinski definition) is 1. The van der Waals surface area contributed by atoms with Crippen molar-refractivity contribution < 1.29 is 12.8 Å². The van der Waals surface area contributed by atoms with Crippen LogP contribution in [0.15, 0.2) is 24.3 Å². The molecule has 1 saturated carbocycles. The number of halogens is 1. The Hall–Kier alpha value is -1.14. The second kappa shape index (κ2) is 6.54. The minimum Gasteiger partial charge on any atom is -0.330 e. The smallest absolute Gasteiger partial charge is 0.238 e. The van der Waals surface area contributed by atoms with Crippen molar-refractivity contribution in [3.05, 3.63) is 30.1 Å². The highest BCUT2D eigenvalue weighted by Crippen LogP contribution is 2.31. The Balaban J connectivity index is 2.34. The molecule has 2 N–H and O–H groups in total. The summed E-state index contributed by atoms with van der Waals surface area (Å²) in [6.07, 6.45) is 3.68. The van der Waals surface area contributed by atoms with E-state index in [9.17, 15) is 12.8 Å². The third kappa shape index (κ3) is 3.12. The topological polar surface area (TPSA) is 63.4 Å². The maximum absolute atomic E-state index is 13.9. The Bertz CT molecular complexity index is 542. The molecule has 0 unspecified atom stereocenters. The first-order valence-electron chi connectivity index (χ1n) is 7.03. The predicted molar refractivity (Wildman–Crippen MR) is 78.6 cm³/mol. The van der Waals surface area contributed by atoms with Crippen molar-refractivity contribution in [1.29, 1.82) is 0 Å². The summed E-state index contributed by atoms with van der Waals surface area (Å²) in [5.74, 6) is -0.508. The van der Waals surface area contributed by atoms with E-state index in [0.717, 1.165) is 12.8 Å². The van der Waals surface area contributed by atoms with Crippen molar-refractivity contribution in [3.8, 4) is 0 Å². The number of nitrogens with zero attached hydrogens (tertiary/aromatic N) is 1. The molecule has 1 aromatic rings. The molecule has 0 aromatic heterocycles. The van der Waals surface area contributed by atoms with Gasteiger partial charge in [0.2, 0.25) is 10.0 Å². The molecule has 0 saturated heterocycles. The van der Waals surface area contributed by atoms with Crippen molar-refractivity contribution in [3.63, 3.8) is 0 Å². The molecule has 2 rings (SSSR count). The molecule has 20 heavy (non-hydrogen) atoms. The SMILES string of the molecule is NCCCN(c1ccccc1F)S(=O)(=O)C1CCCC1. The van der Waals surface area contributed by atoms with Crippen LogP contribution in [-0.4, -0.2) is 26.8 Å². The summed E-state index contributed by atoms with van der Waals surface area (Å²) in [6.45, 7) is 0.613. The van der Waals surface area contributed by atoms with E-state index in [4.69, 9.17) is 5.73 Å². The summed E-state index contributed by atoms with van der Waals surface area (Å²) < 4.78 is 40.6. The van der Waals surface area contributed by atoms with E-state index < -0.39 is 15.8 Å². The van der Waals surface area contributed by atoms with Gasteiger partial charge in [-0.2, -0.15) is 0 Å². The lowest BCUT2D eigenvalue weighted by Crippen LogP contribution is -2.39. The van der Waals surface area contributed by atoms with Gasteiger partial charge in [0.1, 0.15) is 5.82 Å². The zero-order chi connectivity index (χ0) is 14.6. The van der Waals surface area contributed by atoms with Gasteiger partial charge in [-0.05, 0) is 37.9 Å². The van der Waals surface area contributed by atoms with Gasteiger partial charge in [0, 0.05) is 6.54 Å². The molecule has 1 aliphatic rings. The van der Waals surface area contributed by atoms with Gasteiger partial charge >= 0.3 is 0 Å². The molecule has 0 heterocycles. The third-order valence-electron chi connectivity index (χ3n) is 3.72. The molecule has 4 nitrogen and oxygen atoms in total. The van der Waals surface area contributed by atoms with Crippen LogP contribution in [0.1, 0.15) is 32.1 Å². The normalized spacial score (nSPS) is 16.5. The number of sulfonamides is 1. The summed E-state index contributed by atoms with van der Waals surface area (Å²) in [5, 5.41) is -0.389. The molecule has 1 aliphatic carbocycles. The van der Waals surface area contributed by atoms with E-state index in [1.807, 2.05) is 0 Å². The van der Waals surface area contributed by atoms with Crippen LogP contribution in [0.3, 0.4) is 0 Å². The van der Waals surface area contributed by atoms with E-state index in [2.05, 4.69) is 0 Å². The Labute approximate surface area is 119 Å². The molecule has 6 heteroatoms. The van der Waals surface area contributed by atoms with Crippen LogP contribution in [-0.2, 0) is 10.0 Å². The number of para-hydroxylation sites is 1. The Morgan fingerprint density at radius 2 is 1.90 bits per heavy atom. The van der Waals surface area contributed by atoms with Crippen LogP contribution in [0, 0.1) is 5.82 Å². The molecule has 0 atom stereocenters. The fraction of sp³-hybridized carbons (Fsp3) is 0.571. The van der Waals surface area contributed by atoms with Gasteiger partial charge in [-0.15, -0.1) is 0 Å². The van der Waals surface area contributed by atoms with Crippen LogP contribution in [0.2, 0.25) is 0 Å². The summed E-state index contributed by atoms with van der Waals surface area (Å²) >= 11 is 0. The Morgan fingerprint density at radius 3 is 2.50 bits per heavy atom. The molecule has 0 amide bonds. The van der Waals surface area contributed by atoms with Crippen molar-refractivity contribution in [2.75, 3.05) is 17.4 Å². The second-order valence-electron chi connectivity index (χ2n) is 5.12. The maximum atomic E-state index is 13.9. The monoisotopic (exact) mass is 300 g/mol. The van der Waals surface area contributed by atoms with Gasteiger partial charge in [-0.25, -0.2) is 12.8 Å². The van der Waals surface area contributed by atoms with Gasteiger partial charge in [0.15, 0.2) is 0 Å². The highest BCUT2D eigenvalue weighted by molar-refractivity contribution is 7.93. The zero-order valence-corrected chi connectivity index (χ0v) is 12.3. The van der Waals surface area contributed by atoms with Crippen molar-refractivity contribution in [2.24, 2.45) is 5.73 Å². The fourth-order valence-corrected chi connectivity index (χ4v) is 4.73. The van der Waals surface area contributed by atoms with Crippen LogP contribution < -0.4 is 10.0 Å². The third-order valence-corrected chi connectivity index (χ3v) is 6.02. The van der Waals surface area contributed by atoms with E-state index in [1.54, 1.807) is 12.1 Å². The largest absolute Gasteiger partial charge is 0.330 e. The Morgan fingerprint density at radius 1 is 1.25 bits per heavy atom. The molecule has 0 bridgehead atoms. The molecule has 1 fully saturated rings. The molecular weight excluding hydrogens is 279 g/mol. The van der Waals surface area contributed by atoms with Crippen LogP contribution >= 0.6 is 0 Å². The predicted octanol–water partition coefficient (Wildman–Crippen LogP) is 2.25. The highest BCUT2D eigenvalue weighted by Gasteiger charge is 2.34. The number of nitrogens with two attached hydrogens (primary N) is 1. The first-order valence-corrected chi connectivity index (χ1v) is 8.54. The number of benzene rings is 1. The van der Waals surface area contributed by atoms with Crippen LogP contribution in [0.4, 0.5) is 10.1 Å². The lowest BCUT2D eigenvalue weighted by Gasteiger charge is -2.27. The standard InChI is InChI=1S/C14H21FN2O2S/c15-13-8-3-4-9-14(13)17(11-5-10-16)20(18,19)12-6-1-2-7-12/h3-4,8-9,12H,1-2,5-7,10-11,16H2. The molecule has 0 aliphatic heterocycles. The summed E-state index contributed by atoms with van der Waals surface area (Å²) in [7, 11) is -3.51. The first kappa shape index (κ1) is 15.3. The lowest BCUT2D eigenvalue weighted by atomic mass is 10.3. The van der Waals surface area contributed by atoms with Crippen LogP contribution in [0.5, 0.6) is 0 Å². The van der Waals surface area contributed by atoms with E-state index >= 15 is 0 Å². The van der Waals surface area contributed by atoms with E-state index in [1.165, 1.54) is 16.4 Å². The minimum atomic E-state index is -3.51. The zero-order valence-electron chi connectivity index (χ0n) is 11.5. The minimum absolute atomic E-state index is 0.132. The fourth-order valence-electron chi connectivity index (χ4n) is 2.64. The quantitative estimate of drug-likeness (QED) is 0.876. The molecule has 0 radical (unpaired) electrons. The first-order chi connectivity index (χ1) is 9.57. The maximum Gasteiger partial charge on any atom is 0.238 e. The van der Waals surface area contributed by atoms with Crippen molar-refractivity contribution in [1.82, 2.24) is 0 Å². The van der Waals surface area contributed by atoms with Crippen LogP contribution in [0.25, 0.3) is 0 Å². The molecule has 0 spiro atoms. The number of anilines is 1. The average Bonchev–Trinajstić information content (AvgIpc) is 2.95. The molecular formula is C14H21FN2O2S. The van der Waals surface area contributed by atoms with Gasteiger partial charge in [0.25, 0.3) is 0 Å². The van der Waals surface area contributed by atoms with E-state index in [-0.39, 0.29) is 17.5 Å². The number of rotatable bonds is 6. The highest BCUT2D eigenvalue weighted by atomic mass is 32.2. The molecule has 1 aromatic carbocycles. The number of hydrogen-bond acceptors (Lipinski definition) is 3. The van der Waals surface area contributed by atoms with Gasteiger partial charge in [0.05, 0.1) is 10.9 Å². The van der Waals surface area contributed by atoms with Crippen molar-refractivity contribution >= 4 is 15.7 Å². The van der Waals surface area contributed by atoms with Gasteiger partial charge < -0.3 is 5.73 Å².